The van der Waals surface area contributed by atoms with Gasteiger partial charge in [-0.25, -0.2) is 8.42 Å². The number of hydrogen-bond acceptors (Lipinski definition) is 4. The Balaban J connectivity index is 3.17. The van der Waals surface area contributed by atoms with Crippen molar-refractivity contribution in [1.82, 2.24) is 4.31 Å². The second kappa shape index (κ2) is 6.95. The molecule has 0 aliphatic rings. The summed E-state index contributed by atoms with van der Waals surface area (Å²) in [5.41, 5.74) is 6.01. The molecule has 0 saturated heterocycles. The van der Waals surface area contributed by atoms with Gasteiger partial charge in [-0.15, -0.1) is 0 Å². The Bertz CT molecular complexity index is 538. The van der Waals surface area contributed by atoms with Gasteiger partial charge in [0.05, 0.1) is 11.5 Å². The summed E-state index contributed by atoms with van der Waals surface area (Å²) in [6, 6.07) is 6.22. The Hall–Kier alpha value is -1.02. The van der Waals surface area contributed by atoms with Crippen LogP contribution in [0, 0.1) is 0 Å². The van der Waals surface area contributed by atoms with Crippen molar-refractivity contribution in [2.45, 2.75) is 18.2 Å². The van der Waals surface area contributed by atoms with Crippen LogP contribution in [0.1, 0.15) is 18.9 Å². The van der Waals surface area contributed by atoms with Gasteiger partial charge in [-0.05, 0) is 18.6 Å². The van der Waals surface area contributed by atoms with Crippen LogP contribution >= 0.6 is 12.2 Å². The summed E-state index contributed by atoms with van der Waals surface area (Å²) < 4.78 is 26.1. The molecule has 0 fully saturated rings. The van der Waals surface area contributed by atoms with E-state index < -0.39 is 10.0 Å². The normalized spacial score (nSPS) is 11.7. The zero-order valence-electron chi connectivity index (χ0n) is 10.7. The molecule has 0 amide bonds. The number of hydrogen-bond donors (Lipinski definition) is 2. The van der Waals surface area contributed by atoms with Crippen molar-refractivity contribution in [2.75, 3.05) is 19.7 Å². The van der Waals surface area contributed by atoms with Crippen LogP contribution in [0.2, 0.25) is 0 Å². The summed E-state index contributed by atoms with van der Waals surface area (Å²) in [4.78, 5) is 0.293. The lowest BCUT2D eigenvalue weighted by atomic mass is 10.2. The molecular formula is C12H18N2O3S2. The van der Waals surface area contributed by atoms with Crippen molar-refractivity contribution >= 4 is 27.2 Å². The van der Waals surface area contributed by atoms with E-state index in [0.717, 1.165) is 0 Å². The van der Waals surface area contributed by atoms with Gasteiger partial charge in [-0.1, -0.05) is 31.3 Å². The molecule has 1 rings (SSSR count). The lowest BCUT2D eigenvalue weighted by Crippen LogP contribution is -2.34. The number of aliphatic hydroxyl groups excluding tert-OH is 1. The molecule has 0 atom stereocenters. The molecule has 0 bridgehead atoms. The number of nitrogens with zero attached hydrogens (tertiary/aromatic N) is 1. The van der Waals surface area contributed by atoms with Crippen LogP contribution in [0.4, 0.5) is 0 Å². The van der Waals surface area contributed by atoms with Gasteiger partial charge in [0.2, 0.25) is 10.0 Å². The van der Waals surface area contributed by atoms with E-state index in [1.807, 2.05) is 6.92 Å². The van der Waals surface area contributed by atoms with Gasteiger partial charge in [0.25, 0.3) is 0 Å². The van der Waals surface area contributed by atoms with E-state index >= 15 is 0 Å². The standard InChI is InChI=1S/C12H18N2O3S2/c1-2-6-14(7-8-15)19(16,17)11-5-3-4-10(9-11)12(13)18/h3-5,9,15H,2,6-8H2,1H3,(H2,13,18). The SMILES string of the molecule is CCCN(CCO)S(=O)(=O)c1cccc(C(N)=S)c1. The van der Waals surface area contributed by atoms with Crippen LogP contribution in [0.5, 0.6) is 0 Å². The predicted octanol–water partition coefficient (Wildman–Crippen LogP) is 0.714. The lowest BCUT2D eigenvalue weighted by Gasteiger charge is -2.20. The molecule has 0 unspecified atom stereocenters. The summed E-state index contributed by atoms with van der Waals surface area (Å²) in [5, 5.41) is 8.97. The summed E-state index contributed by atoms with van der Waals surface area (Å²) >= 11 is 4.84. The molecule has 3 N–H and O–H groups in total. The largest absolute Gasteiger partial charge is 0.395 e. The Morgan fingerprint density at radius 1 is 1.42 bits per heavy atom. The van der Waals surface area contributed by atoms with Crippen LogP contribution < -0.4 is 5.73 Å². The molecule has 0 aromatic heterocycles. The average Bonchev–Trinajstić information content (AvgIpc) is 2.38. The molecule has 5 nitrogen and oxygen atoms in total. The molecule has 1 aromatic rings. The number of thiocarbonyl (C=S) groups is 1. The first-order valence-corrected chi connectivity index (χ1v) is 7.79. The van der Waals surface area contributed by atoms with E-state index in [0.29, 0.717) is 18.5 Å². The molecule has 0 saturated carbocycles. The maximum absolute atomic E-state index is 12.4. The molecule has 0 spiro atoms. The van der Waals surface area contributed by atoms with Crippen LogP contribution in [0.15, 0.2) is 29.2 Å². The first-order valence-electron chi connectivity index (χ1n) is 5.94. The quantitative estimate of drug-likeness (QED) is 0.725. The maximum atomic E-state index is 12.4. The Morgan fingerprint density at radius 2 is 2.11 bits per heavy atom. The average molecular weight is 302 g/mol. The lowest BCUT2D eigenvalue weighted by molar-refractivity contribution is 0.253. The number of sulfonamides is 1. The van der Waals surface area contributed by atoms with Crippen LogP contribution in [0.3, 0.4) is 0 Å². The molecule has 0 aliphatic carbocycles. The summed E-state index contributed by atoms with van der Waals surface area (Å²) in [5.74, 6) is 0. The summed E-state index contributed by atoms with van der Waals surface area (Å²) in [6.45, 7) is 2.10. The summed E-state index contributed by atoms with van der Waals surface area (Å²) in [7, 11) is -3.62. The number of aliphatic hydroxyl groups is 1. The van der Waals surface area contributed by atoms with Crippen molar-refractivity contribution in [2.24, 2.45) is 5.73 Å². The third kappa shape index (κ3) is 3.97. The van der Waals surface area contributed by atoms with Crippen molar-refractivity contribution in [3.05, 3.63) is 29.8 Å². The highest BCUT2D eigenvalue weighted by Gasteiger charge is 2.23. The second-order valence-corrected chi connectivity index (χ2v) is 6.40. The van der Waals surface area contributed by atoms with Gasteiger partial charge in [0.1, 0.15) is 4.99 Å². The van der Waals surface area contributed by atoms with Crippen molar-refractivity contribution < 1.29 is 13.5 Å². The maximum Gasteiger partial charge on any atom is 0.243 e. The smallest absolute Gasteiger partial charge is 0.243 e. The number of rotatable bonds is 7. The fraction of sp³-hybridized carbons (Fsp3) is 0.417. The first kappa shape index (κ1) is 16.0. The second-order valence-electron chi connectivity index (χ2n) is 4.02. The monoisotopic (exact) mass is 302 g/mol. The number of nitrogens with two attached hydrogens (primary N) is 1. The molecule has 19 heavy (non-hydrogen) atoms. The topological polar surface area (TPSA) is 83.6 Å². The van der Waals surface area contributed by atoms with Crippen molar-refractivity contribution in [1.29, 1.82) is 0 Å². The van der Waals surface area contributed by atoms with Crippen molar-refractivity contribution in [3.63, 3.8) is 0 Å². The van der Waals surface area contributed by atoms with Gasteiger partial charge in [0, 0.05) is 18.7 Å². The van der Waals surface area contributed by atoms with E-state index in [1.165, 1.54) is 16.4 Å². The van der Waals surface area contributed by atoms with Crippen LogP contribution in [-0.2, 0) is 10.0 Å². The zero-order valence-corrected chi connectivity index (χ0v) is 12.4. The number of benzene rings is 1. The van der Waals surface area contributed by atoms with Gasteiger partial charge < -0.3 is 10.8 Å². The van der Waals surface area contributed by atoms with Crippen LogP contribution in [-0.4, -0.2) is 42.5 Å². The fourth-order valence-electron chi connectivity index (χ4n) is 1.67. The van der Waals surface area contributed by atoms with Gasteiger partial charge in [-0.3, -0.25) is 0 Å². The highest BCUT2D eigenvalue weighted by atomic mass is 32.2. The van der Waals surface area contributed by atoms with Gasteiger partial charge in [-0.2, -0.15) is 4.31 Å². The summed E-state index contributed by atoms with van der Waals surface area (Å²) in [6.07, 6.45) is 0.675. The fourth-order valence-corrected chi connectivity index (χ4v) is 3.37. The first-order chi connectivity index (χ1) is 8.93. The molecule has 1 aromatic carbocycles. The van der Waals surface area contributed by atoms with Gasteiger partial charge >= 0.3 is 0 Å². The van der Waals surface area contributed by atoms with Crippen LogP contribution in [0.25, 0.3) is 0 Å². The third-order valence-corrected chi connectivity index (χ3v) is 4.71. The highest BCUT2D eigenvalue weighted by Crippen LogP contribution is 2.17. The van der Waals surface area contributed by atoms with E-state index in [2.05, 4.69) is 0 Å². The molecule has 0 aliphatic heterocycles. The molecular weight excluding hydrogens is 284 g/mol. The molecule has 7 heteroatoms. The minimum atomic E-state index is -3.62. The van der Waals surface area contributed by atoms with E-state index in [-0.39, 0.29) is 23.0 Å². The van der Waals surface area contributed by atoms with Gasteiger partial charge in [0.15, 0.2) is 0 Å². The Kier molecular flexibility index (Phi) is 5.86. The highest BCUT2D eigenvalue weighted by molar-refractivity contribution is 7.89. The minimum Gasteiger partial charge on any atom is -0.395 e. The van der Waals surface area contributed by atoms with E-state index in [4.69, 9.17) is 23.1 Å². The third-order valence-electron chi connectivity index (χ3n) is 2.58. The molecule has 106 valence electrons. The Labute approximate surface area is 119 Å². The van der Waals surface area contributed by atoms with Crippen molar-refractivity contribution in [3.8, 4) is 0 Å². The Morgan fingerprint density at radius 3 is 2.63 bits per heavy atom. The molecule has 0 radical (unpaired) electrons. The molecule has 0 heterocycles. The predicted molar refractivity (Wildman–Crippen MR) is 78.5 cm³/mol. The van der Waals surface area contributed by atoms with E-state index in [9.17, 15) is 8.42 Å². The zero-order chi connectivity index (χ0) is 14.5. The minimum absolute atomic E-state index is 0.0769. The van der Waals surface area contributed by atoms with E-state index in [1.54, 1.807) is 12.1 Å².